The van der Waals surface area contributed by atoms with Crippen LogP contribution in [0.2, 0.25) is 0 Å². The average Bonchev–Trinajstić information content (AvgIpc) is 2.18. The lowest BCUT2D eigenvalue weighted by Crippen LogP contribution is -1.95. The standard InChI is InChI=1S/C13H16O/c1-3-12-7-9-13(10-8-12)6-4-5-11(2)14/h7-11,14H,3,5H2,1-2H3. The van der Waals surface area contributed by atoms with Crippen LogP contribution < -0.4 is 0 Å². The highest BCUT2D eigenvalue weighted by Crippen LogP contribution is 2.03. The summed E-state index contributed by atoms with van der Waals surface area (Å²) in [5, 5.41) is 9.01. The third-order valence-corrected chi connectivity index (χ3v) is 1.99. The molecule has 1 unspecified atom stereocenters. The van der Waals surface area contributed by atoms with Gasteiger partial charge in [-0.25, -0.2) is 0 Å². The number of aliphatic hydroxyl groups excluding tert-OH is 1. The van der Waals surface area contributed by atoms with Crippen LogP contribution in [0.1, 0.15) is 31.4 Å². The molecule has 0 saturated heterocycles. The molecular weight excluding hydrogens is 172 g/mol. The van der Waals surface area contributed by atoms with Crippen molar-refractivity contribution in [1.29, 1.82) is 0 Å². The van der Waals surface area contributed by atoms with Gasteiger partial charge in [0.2, 0.25) is 0 Å². The van der Waals surface area contributed by atoms with E-state index in [9.17, 15) is 0 Å². The molecule has 0 amide bonds. The summed E-state index contributed by atoms with van der Waals surface area (Å²) in [4.78, 5) is 0. The van der Waals surface area contributed by atoms with Gasteiger partial charge < -0.3 is 5.11 Å². The fraction of sp³-hybridized carbons (Fsp3) is 0.385. The number of hydrogen-bond acceptors (Lipinski definition) is 1. The molecule has 0 fully saturated rings. The quantitative estimate of drug-likeness (QED) is 0.706. The van der Waals surface area contributed by atoms with Crippen LogP contribution in [0.5, 0.6) is 0 Å². The van der Waals surface area contributed by atoms with Gasteiger partial charge in [0.15, 0.2) is 0 Å². The molecule has 1 nitrogen and oxygen atoms in total. The van der Waals surface area contributed by atoms with Gasteiger partial charge >= 0.3 is 0 Å². The Bertz CT molecular complexity index is 324. The normalized spacial score (nSPS) is 11.6. The molecule has 0 spiro atoms. The number of aliphatic hydroxyl groups is 1. The van der Waals surface area contributed by atoms with Crippen molar-refractivity contribution in [3.05, 3.63) is 35.4 Å². The monoisotopic (exact) mass is 188 g/mol. The number of aryl methyl sites for hydroxylation is 1. The van der Waals surface area contributed by atoms with Crippen molar-refractivity contribution in [2.75, 3.05) is 0 Å². The summed E-state index contributed by atoms with van der Waals surface area (Å²) in [5.74, 6) is 5.96. The summed E-state index contributed by atoms with van der Waals surface area (Å²) < 4.78 is 0. The molecule has 0 bridgehead atoms. The second-order valence-electron chi connectivity index (χ2n) is 3.41. The fourth-order valence-corrected chi connectivity index (χ4v) is 1.12. The smallest absolute Gasteiger partial charge is 0.0621 e. The average molecular weight is 188 g/mol. The van der Waals surface area contributed by atoms with Gasteiger partial charge in [0.25, 0.3) is 0 Å². The van der Waals surface area contributed by atoms with Crippen LogP contribution in [0.25, 0.3) is 0 Å². The van der Waals surface area contributed by atoms with Gasteiger partial charge in [0.1, 0.15) is 0 Å². The number of benzene rings is 1. The molecular formula is C13H16O. The fourth-order valence-electron chi connectivity index (χ4n) is 1.12. The number of hydrogen-bond donors (Lipinski definition) is 1. The van der Waals surface area contributed by atoms with Crippen molar-refractivity contribution < 1.29 is 5.11 Å². The second kappa shape index (κ2) is 5.47. The molecule has 0 radical (unpaired) electrons. The van der Waals surface area contributed by atoms with E-state index in [2.05, 4.69) is 30.9 Å². The maximum Gasteiger partial charge on any atom is 0.0621 e. The molecule has 1 atom stereocenters. The Balaban J connectivity index is 2.62. The number of rotatable bonds is 2. The lowest BCUT2D eigenvalue weighted by atomic mass is 10.1. The maximum absolute atomic E-state index is 9.01. The molecule has 0 aliphatic carbocycles. The van der Waals surface area contributed by atoms with Crippen LogP contribution in [-0.2, 0) is 6.42 Å². The van der Waals surface area contributed by atoms with Gasteiger partial charge in [-0.15, -0.1) is 0 Å². The van der Waals surface area contributed by atoms with E-state index in [-0.39, 0.29) is 6.10 Å². The van der Waals surface area contributed by atoms with Crippen LogP contribution in [-0.4, -0.2) is 11.2 Å². The van der Waals surface area contributed by atoms with Crippen LogP contribution >= 0.6 is 0 Å². The van der Waals surface area contributed by atoms with Crippen molar-refractivity contribution in [3.8, 4) is 11.8 Å². The summed E-state index contributed by atoms with van der Waals surface area (Å²) in [7, 11) is 0. The summed E-state index contributed by atoms with van der Waals surface area (Å²) >= 11 is 0. The SMILES string of the molecule is CCc1ccc(C#CCC(C)O)cc1. The van der Waals surface area contributed by atoms with E-state index >= 15 is 0 Å². The van der Waals surface area contributed by atoms with Gasteiger partial charge in [-0.1, -0.05) is 30.9 Å². The Morgan fingerprint density at radius 3 is 2.43 bits per heavy atom. The van der Waals surface area contributed by atoms with Gasteiger partial charge in [-0.3, -0.25) is 0 Å². The predicted molar refractivity (Wildman–Crippen MR) is 59.0 cm³/mol. The van der Waals surface area contributed by atoms with E-state index in [0.717, 1.165) is 12.0 Å². The van der Waals surface area contributed by atoms with Crippen molar-refractivity contribution >= 4 is 0 Å². The maximum atomic E-state index is 9.01. The predicted octanol–water partition coefficient (Wildman–Crippen LogP) is 2.37. The Labute approximate surface area is 85.8 Å². The minimum atomic E-state index is -0.336. The summed E-state index contributed by atoms with van der Waals surface area (Å²) in [6, 6.07) is 8.22. The van der Waals surface area contributed by atoms with E-state index in [1.165, 1.54) is 5.56 Å². The van der Waals surface area contributed by atoms with E-state index in [1.807, 2.05) is 12.1 Å². The Hall–Kier alpha value is -1.26. The summed E-state index contributed by atoms with van der Waals surface area (Å²) in [6.07, 6.45) is 1.26. The molecule has 0 aromatic heterocycles. The van der Waals surface area contributed by atoms with Gasteiger partial charge in [-0.2, -0.15) is 0 Å². The van der Waals surface area contributed by atoms with Crippen LogP contribution in [0, 0.1) is 11.8 Å². The van der Waals surface area contributed by atoms with Gasteiger partial charge in [-0.05, 0) is 31.0 Å². The van der Waals surface area contributed by atoms with Crippen molar-refractivity contribution in [3.63, 3.8) is 0 Å². The minimum Gasteiger partial charge on any atom is -0.392 e. The van der Waals surface area contributed by atoms with Crippen molar-refractivity contribution in [2.45, 2.75) is 32.8 Å². The molecule has 74 valence electrons. The molecule has 0 saturated carbocycles. The molecule has 0 aliphatic rings. The lowest BCUT2D eigenvalue weighted by molar-refractivity contribution is 0.201. The molecule has 1 aromatic carbocycles. The summed E-state index contributed by atoms with van der Waals surface area (Å²) in [5.41, 5.74) is 2.34. The molecule has 1 heteroatoms. The third kappa shape index (κ3) is 3.64. The first-order chi connectivity index (χ1) is 6.72. The lowest BCUT2D eigenvalue weighted by Gasteiger charge is -1.96. The summed E-state index contributed by atoms with van der Waals surface area (Å²) in [6.45, 7) is 3.88. The molecule has 0 heterocycles. The highest BCUT2D eigenvalue weighted by atomic mass is 16.3. The zero-order valence-electron chi connectivity index (χ0n) is 8.75. The Morgan fingerprint density at radius 1 is 1.29 bits per heavy atom. The topological polar surface area (TPSA) is 20.2 Å². The van der Waals surface area contributed by atoms with Crippen molar-refractivity contribution in [1.82, 2.24) is 0 Å². The van der Waals surface area contributed by atoms with Gasteiger partial charge in [0.05, 0.1) is 6.10 Å². The van der Waals surface area contributed by atoms with Crippen molar-refractivity contribution in [2.24, 2.45) is 0 Å². The first-order valence-electron chi connectivity index (χ1n) is 4.98. The zero-order valence-corrected chi connectivity index (χ0v) is 8.75. The van der Waals surface area contributed by atoms with E-state index in [4.69, 9.17) is 5.11 Å². The first-order valence-corrected chi connectivity index (χ1v) is 4.98. The highest BCUT2D eigenvalue weighted by molar-refractivity contribution is 5.36. The Kier molecular flexibility index (Phi) is 4.22. The third-order valence-electron chi connectivity index (χ3n) is 1.99. The van der Waals surface area contributed by atoms with Crippen LogP contribution in [0.3, 0.4) is 0 Å². The van der Waals surface area contributed by atoms with Crippen LogP contribution in [0.15, 0.2) is 24.3 Å². The molecule has 1 aromatic rings. The van der Waals surface area contributed by atoms with E-state index < -0.39 is 0 Å². The molecule has 0 aliphatic heterocycles. The van der Waals surface area contributed by atoms with Crippen LogP contribution in [0.4, 0.5) is 0 Å². The minimum absolute atomic E-state index is 0.336. The highest BCUT2D eigenvalue weighted by Gasteiger charge is 1.90. The first kappa shape index (κ1) is 10.8. The second-order valence-corrected chi connectivity index (χ2v) is 3.41. The van der Waals surface area contributed by atoms with E-state index in [0.29, 0.717) is 6.42 Å². The van der Waals surface area contributed by atoms with Gasteiger partial charge in [0, 0.05) is 12.0 Å². The largest absolute Gasteiger partial charge is 0.392 e. The zero-order chi connectivity index (χ0) is 10.4. The van der Waals surface area contributed by atoms with E-state index in [1.54, 1.807) is 6.92 Å². The molecule has 1 rings (SSSR count). The molecule has 14 heavy (non-hydrogen) atoms. The Morgan fingerprint density at radius 2 is 1.93 bits per heavy atom. The molecule has 1 N–H and O–H groups in total.